The van der Waals surface area contributed by atoms with Gasteiger partial charge in [0.2, 0.25) is 0 Å². The molecule has 0 amide bonds. The standard InChI is InChI=1S/C13H12N/c14-13-8-6-12(7-9-13)10-11-4-2-1-3-5-11/h1-4,6-9H,10,14H2. The molecule has 2 aromatic rings. The van der Waals surface area contributed by atoms with Crippen molar-refractivity contribution in [3.8, 4) is 0 Å². The highest BCUT2D eigenvalue weighted by Gasteiger charge is 1.94. The third-order valence-electron chi connectivity index (χ3n) is 2.15. The van der Waals surface area contributed by atoms with Crippen molar-refractivity contribution in [1.29, 1.82) is 0 Å². The van der Waals surface area contributed by atoms with Crippen molar-refractivity contribution in [3.63, 3.8) is 0 Å². The average Bonchev–Trinajstić information content (AvgIpc) is 2.23. The summed E-state index contributed by atoms with van der Waals surface area (Å²) in [6.07, 6.45) is 0.918. The summed E-state index contributed by atoms with van der Waals surface area (Å²) in [6, 6.07) is 19.2. The van der Waals surface area contributed by atoms with Crippen LogP contribution in [0.15, 0.2) is 48.5 Å². The van der Waals surface area contributed by atoms with E-state index in [1.807, 2.05) is 30.3 Å². The first-order valence-electron chi connectivity index (χ1n) is 4.64. The molecule has 14 heavy (non-hydrogen) atoms. The Kier molecular flexibility index (Phi) is 2.50. The van der Waals surface area contributed by atoms with E-state index in [0.717, 1.165) is 12.1 Å². The molecule has 0 unspecified atom stereocenters. The maximum Gasteiger partial charge on any atom is 0.0314 e. The highest BCUT2D eigenvalue weighted by molar-refractivity contribution is 5.40. The zero-order chi connectivity index (χ0) is 9.80. The van der Waals surface area contributed by atoms with Gasteiger partial charge in [-0.05, 0) is 35.7 Å². The minimum Gasteiger partial charge on any atom is -0.399 e. The summed E-state index contributed by atoms with van der Waals surface area (Å²) < 4.78 is 0. The molecule has 0 atom stereocenters. The predicted molar refractivity (Wildman–Crippen MR) is 58.9 cm³/mol. The SMILES string of the molecule is Nc1ccc(Cc2[c]cccc2)cc1. The molecule has 0 aliphatic heterocycles. The molecule has 0 aliphatic carbocycles. The summed E-state index contributed by atoms with van der Waals surface area (Å²) in [5.74, 6) is 0. The Balaban J connectivity index is 2.16. The lowest BCUT2D eigenvalue weighted by atomic mass is 10.1. The largest absolute Gasteiger partial charge is 0.399 e. The molecular weight excluding hydrogens is 170 g/mol. The molecule has 1 radical (unpaired) electrons. The number of hydrogen-bond acceptors (Lipinski definition) is 1. The lowest BCUT2D eigenvalue weighted by Crippen LogP contribution is -1.89. The molecule has 1 heteroatoms. The summed E-state index contributed by atoms with van der Waals surface area (Å²) in [4.78, 5) is 0. The molecule has 0 bridgehead atoms. The molecule has 0 saturated heterocycles. The van der Waals surface area contributed by atoms with Gasteiger partial charge in [0.05, 0.1) is 0 Å². The molecule has 0 saturated carbocycles. The van der Waals surface area contributed by atoms with Crippen molar-refractivity contribution in [2.24, 2.45) is 0 Å². The average molecular weight is 182 g/mol. The van der Waals surface area contributed by atoms with Gasteiger partial charge < -0.3 is 5.73 Å². The van der Waals surface area contributed by atoms with E-state index in [1.165, 1.54) is 11.1 Å². The van der Waals surface area contributed by atoms with Crippen LogP contribution in [-0.2, 0) is 6.42 Å². The van der Waals surface area contributed by atoms with Crippen LogP contribution in [0.2, 0.25) is 0 Å². The van der Waals surface area contributed by atoms with Gasteiger partial charge in [-0.3, -0.25) is 0 Å². The third-order valence-corrected chi connectivity index (χ3v) is 2.15. The fraction of sp³-hybridized carbons (Fsp3) is 0.0769. The second-order valence-corrected chi connectivity index (χ2v) is 3.31. The van der Waals surface area contributed by atoms with E-state index in [1.54, 1.807) is 0 Å². The summed E-state index contributed by atoms with van der Waals surface area (Å²) in [5, 5.41) is 0. The van der Waals surface area contributed by atoms with Crippen LogP contribution in [-0.4, -0.2) is 0 Å². The van der Waals surface area contributed by atoms with Crippen molar-refractivity contribution in [2.75, 3.05) is 5.73 Å². The Morgan fingerprint density at radius 3 is 2.43 bits per heavy atom. The molecule has 69 valence electrons. The van der Waals surface area contributed by atoms with Crippen LogP contribution in [0.5, 0.6) is 0 Å². The van der Waals surface area contributed by atoms with Crippen molar-refractivity contribution in [1.82, 2.24) is 0 Å². The Morgan fingerprint density at radius 2 is 1.79 bits per heavy atom. The maximum atomic E-state index is 5.61. The Labute approximate surface area is 84.2 Å². The summed E-state index contributed by atoms with van der Waals surface area (Å²) in [5.41, 5.74) is 8.89. The Hall–Kier alpha value is -1.76. The van der Waals surface area contributed by atoms with Crippen LogP contribution in [0.25, 0.3) is 0 Å². The second kappa shape index (κ2) is 3.97. The Morgan fingerprint density at radius 1 is 1.00 bits per heavy atom. The fourth-order valence-corrected chi connectivity index (χ4v) is 1.40. The zero-order valence-corrected chi connectivity index (χ0v) is 7.90. The third kappa shape index (κ3) is 2.13. The minimum atomic E-state index is 0.811. The molecule has 0 fully saturated rings. The molecule has 2 rings (SSSR count). The zero-order valence-electron chi connectivity index (χ0n) is 7.90. The van der Waals surface area contributed by atoms with Gasteiger partial charge in [0.1, 0.15) is 0 Å². The van der Waals surface area contributed by atoms with E-state index in [2.05, 4.69) is 24.3 Å². The highest BCUT2D eigenvalue weighted by Crippen LogP contribution is 2.10. The number of rotatable bonds is 2. The first-order valence-corrected chi connectivity index (χ1v) is 4.64. The van der Waals surface area contributed by atoms with Crippen LogP contribution in [0.4, 0.5) is 5.69 Å². The number of benzene rings is 2. The van der Waals surface area contributed by atoms with Gasteiger partial charge in [0.25, 0.3) is 0 Å². The normalized spacial score (nSPS) is 10.0. The summed E-state index contributed by atoms with van der Waals surface area (Å²) in [6.45, 7) is 0. The highest BCUT2D eigenvalue weighted by atomic mass is 14.5. The van der Waals surface area contributed by atoms with Gasteiger partial charge in [0.15, 0.2) is 0 Å². The molecule has 2 N–H and O–H groups in total. The number of anilines is 1. The molecular formula is C13H12N. The van der Waals surface area contributed by atoms with Crippen molar-refractivity contribution < 1.29 is 0 Å². The Bertz CT molecular complexity index is 389. The smallest absolute Gasteiger partial charge is 0.0314 e. The van der Waals surface area contributed by atoms with Crippen LogP contribution >= 0.6 is 0 Å². The molecule has 0 aliphatic rings. The lowest BCUT2D eigenvalue weighted by molar-refractivity contribution is 1.19. The lowest BCUT2D eigenvalue weighted by Gasteiger charge is -2.01. The van der Waals surface area contributed by atoms with Crippen LogP contribution in [0.3, 0.4) is 0 Å². The van der Waals surface area contributed by atoms with Crippen molar-refractivity contribution >= 4 is 5.69 Å². The first-order chi connectivity index (χ1) is 6.84. The van der Waals surface area contributed by atoms with Crippen LogP contribution in [0, 0.1) is 6.07 Å². The molecule has 2 aromatic carbocycles. The van der Waals surface area contributed by atoms with Gasteiger partial charge in [-0.1, -0.05) is 36.4 Å². The van der Waals surface area contributed by atoms with E-state index >= 15 is 0 Å². The van der Waals surface area contributed by atoms with E-state index in [-0.39, 0.29) is 0 Å². The van der Waals surface area contributed by atoms with E-state index < -0.39 is 0 Å². The molecule has 0 aromatic heterocycles. The van der Waals surface area contributed by atoms with Crippen LogP contribution in [0.1, 0.15) is 11.1 Å². The van der Waals surface area contributed by atoms with Gasteiger partial charge in [-0.25, -0.2) is 0 Å². The number of nitrogen functional groups attached to an aromatic ring is 1. The minimum absolute atomic E-state index is 0.811. The molecule has 0 spiro atoms. The van der Waals surface area contributed by atoms with Gasteiger partial charge >= 0.3 is 0 Å². The van der Waals surface area contributed by atoms with Crippen LogP contribution < -0.4 is 5.73 Å². The van der Waals surface area contributed by atoms with E-state index in [9.17, 15) is 0 Å². The molecule has 1 nitrogen and oxygen atoms in total. The first kappa shape index (κ1) is 8.82. The predicted octanol–water partition coefficient (Wildman–Crippen LogP) is 2.66. The quantitative estimate of drug-likeness (QED) is 0.710. The topological polar surface area (TPSA) is 26.0 Å². The van der Waals surface area contributed by atoms with E-state index in [4.69, 9.17) is 5.73 Å². The van der Waals surface area contributed by atoms with Crippen molar-refractivity contribution in [2.45, 2.75) is 6.42 Å². The number of hydrogen-bond donors (Lipinski definition) is 1. The molecule has 0 heterocycles. The van der Waals surface area contributed by atoms with Gasteiger partial charge in [-0.15, -0.1) is 0 Å². The van der Waals surface area contributed by atoms with E-state index in [0.29, 0.717) is 0 Å². The van der Waals surface area contributed by atoms with Gasteiger partial charge in [-0.2, -0.15) is 0 Å². The second-order valence-electron chi connectivity index (χ2n) is 3.31. The maximum absolute atomic E-state index is 5.61. The fourth-order valence-electron chi connectivity index (χ4n) is 1.40. The number of nitrogens with two attached hydrogens (primary N) is 1. The monoisotopic (exact) mass is 182 g/mol. The van der Waals surface area contributed by atoms with Gasteiger partial charge in [0, 0.05) is 5.69 Å². The summed E-state index contributed by atoms with van der Waals surface area (Å²) >= 11 is 0. The van der Waals surface area contributed by atoms with Crippen molar-refractivity contribution in [3.05, 3.63) is 65.7 Å². The summed E-state index contributed by atoms with van der Waals surface area (Å²) in [7, 11) is 0.